The Labute approximate surface area is 200 Å². The van der Waals surface area contributed by atoms with Crippen LogP contribution in [0.1, 0.15) is 53.9 Å². The highest BCUT2D eigenvalue weighted by atomic mass is 32.2. The van der Waals surface area contributed by atoms with E-state index in [0.29, 0.717) is 13.2 Å². The molecule has 8 heteroatoms. The van der Waals surface area contributed by atoms with Crippen LogP contribution in [0.3, 0.4) is 0 Å². The van der Waals surface area contributed by atoms with Crippen molar-refractivity contribution in [3.05, 3.63) is 24.3 Å². The fraction of sp³-hybridized carbons (Fsp3) is 0.720. The van der Waals surface area contributed by atoms with Crippen LogP contribution in [-0.4, -0.2) is 79.6 Å². The van der Waals surface area contributed by atoms with Crippen LogP contribution in [0, 0.1) is 11.8 Å². The molecule has 0 bridgehead atoms. The van der Waals surface area contributed by atoms with E-state index in [4.69, 9.17) is 4.74 Å². The summed E-state index contributed by atoms with van der Waals surface area (Å²) in [4.78, 5) is 44.9. The van der Waals surface area contributed by atoms with E-state index in [0.717, 1.165) is 19.3 Å². The maximum Gasteiger partial charge on any atom is 0.311 e. The molecule has 4 rings (SSSR count). The maximum absolute atomic E-state index is 14.1. The molecule has 1 unspecified atom stereocenters. The second-order valence-corrected chi connectivity index (χ2v) is 12.7. The number of nitrogens with zero attached hydrogens (tertiary/aromatic N) is 2. The number of thioether (sulfide) groups is 1. The number of carbonyl (C=O) groups is 3. The van der Waals surface area contributed by atoms with E-state index in [1.165, 1.54) is 0 Å². The summed E-state index contributed by atoms with van der Waals surface area (Å²) >= 11 is 1.54. The van der Waals surface area contributed by atoms with E-state index in [1.807, 2.05) is 39.8 Å². The third kappa shape index (κ3) is 3.73. The van der Waals surface area contributed by atoms with Gasteiger partial charge in [0.15, 0.2) is 0 Å². The highest BCUT2D eigenvalue weighted by molar-refractivity contribution is 8.02. The molecule has 6 atom stereocenters. The van der Waals surface area contributed by atoms with Gasteiger partial charge in [0.2, 0.25) is 11.8 Å². The van der Waals surface area contributed by atoms with E-state index in [9.17, 15) is 19.5 Å². The van der Waals surface area contributed by atoms with Crippen LogP contribution in [0.4, 0.5) is 0 Å². The second-order valence-electron chi connectivity index (χ2n) is 10.9. The summed E-state index contributed by atoms with van der Waals surface area (Å²) < 4.78 is 4.07. The van der Waals surface area contributed by atoms with Crippen molar-refractivity contribution in [1.82, 2.24) is 9.80 Å². The molecular weight excluding hydrogens is 440 g/mol. The predicted molar refractivity (Wildman–Crippen MR) is 127 cm³/mol. The Hall–Kier alpha value is -1.80. The molecule has 4 heterocycles. The van der Waals surface area contributed by atoms with Crippen molar-refractivity contribution in [2.45, 2.75) is 81.0 Å². The minimum atomic E-state index is -0.908. The van der Waals surface area contributed by atoms with E-state index in [-0.39, 0.29) is 24.4 Å². The minimum absolute atomic E-state index is 0.138. The SMILES string of the molecule is C[C@H](CO)N1C(=O)[C@@H]2[C@@H]3C(=O)OCCCC/C=C\[C@]3(C)S[C@@]23C=CCN(C(C)(C)C)C(=O)C13. The first-order valence-electron chi connectivity index (χ1n) is 11.9. The topological polar surface area (TPSA) is 87.2 Å². The van der Waals surface area contributed by atoms with Crippen LogP contribution < -0.4 is 0 Å². The second kappa shape index (κ2) is 8.45. The number of ether oxygens (including phenoxy) is 1. The molecule has 0 aromatic heterocycles. The molecule has 2 amide bonds. The van der Waals surface area contributed by atoms with Gasteiger partial charge in [0.25, 0.3) is 0 Å². The van der Waals surface area contributed by atoms with E-state index >= 15 is 0 Å². The van der Waals surface area contributed by atoms with Crippen LogP contribution in [0.15, 0.2) is 24.3 Å². The lowest BCUT2D eigenvalue weighted by molar-refractivity contribution is -0.154. The van der Waals surface area contributed by atoms with Gasteiger partial charge in [-0.05, 0) is 53.9 Å². The monoisotopic (exact) mass is 476 g/mol. The zero-order valence-electron chi connectivity index (χ0n) is 20.2. The summed E-state index contributed by atoms with van der Waals surface area (Å²) in [5.74, 6) is -2.20. The quantitative estimate of drug-likeness (QED) is 0.487. The van der Waals surface area contributed by atoms with Crippen molar-refractivity contribution in [3.8, 4) is 0 Å². The number of esters is 1. The van der Waals surface area contributed by atoms with Crippen LogP contribution in [0.5, 0.6) is 0 Å². The fourth-order valence-electron chi connectivity index (χ4n) is 5.90. The number of aliphatic hydroxyl groups excluding tert-OH is 1. The first-order chi connectivity index (χ1) is 15.5. The Morgan fingerprint density at radius 1 is 1.15 bits per heavy atom. The number of rotatable bonds is 2. The number of carbonyl (C=O) groups excluding carboxylic acids is 3. The number of allylic oxidation sites excluding steroid dienone is 1. The zero-order chi connectivity index (χ0) is 24.2. The zero-order valence-corrected chi connectivity index (χ0v) is 21.1. The number of hydrogen-bond donors (Lipinski definition) is 1. The molecule has 1 N–H and O–H groups in total. The molecule has 0 saturated carbocycles. The third-order valence-corrected chi connectivity index (χ3v) is 9.28. The van der Waals surface area contributed by atoms with Crippen LogP contribution in [0.25, 0.3) is 0 Å². The predicted octanol–water partition coefficient (Wildman–Crippen LogP) is 2.53. The van der Waals surface area contributed by atoms with E-state index < -0.39 is 39.0 Å². The molecule has 7 nitrogen and oxygen atoms in total. The summed E-state index contributed by atoms with van der Waals surface area (Å²) in [6, 6.07) is -1.34. The largest absolute Gasteiger partial charge is 0.465 e. The molecule has 0 aromatic rings. The van der Waals surface area contributed by atoms with Gasteiger partial charge in [-0.1, -0.05) is 24.3 Å². The number of amides is 2. The van der Waals surface area contributed by atoms with Gasteiger partial charge in [0.1, 0.15) is 6.04 Å². The van der Waals surface area contributed by atoms with Crippen molar-refractivity contribution < 1.29 is 24.2 Å². The molecule has 2 saturated heterocycles. The molecule has 0 radical (unpaired) electrons. The van der Waals surface area contributed by atoms with Crippen molar-refractivity contribution in [2.24, 2.45) is 11.8 Å². The molecule has 33 heavy (non-hydrogen) atoms. The average molecular weight is 477 g/mol. The summed E-state index contributed by atoms with van der Waals surface area (Å²) in [5.41, 5.74) is -0.439. The highest BCUT2D eigenvalue weighted by Gasteiger charge is 2.74. The van der Waals surface area contributed by atoms with Gasteiger partial charge < -0.3 is 19.6 Å². The maximum atomic E-state index is 14.1. The molecule has 2 fully saturated rings. The van der Waals surface area contributed by atoms with Gasteiger partial charge in [-0.3, -0.25) is 14.4 Å². The van der Waals surface area contributed by atoms with Crippen LogP contribution >= 0.6 is 11.8 Å². The molecule has 4 aliphatic heterocycles. The van der Waals surface area contributed by atoms with Crippen molar-refractivity contribution in [2.75, 3.05) is 19.8 Å². The van der Waals surface area contributed by atoms with Gasteiger partial charge >= 0.3 is 5.97 Å². The summed E-state index contributed by atoms with van der Waals surface area (Å²) in [7, 11) is 0. The number of fused-ring (bicyclic) bond motifs is 2. The third-order valence-electron chi connectivity index (χ3n) is 7.49. The number of aliphatic hydroxyl groups is 1. The van der Waals surface area contributed by atoms with Gasteiger partial charge in [0, 0.05) is 16.8 Å². The molecule has 0 aliphatic carbocycles. The first kappa shape index (κ1) is 24.3. The van der Waals surface area contributed by atoms with Crippen molar-refractivity contribution >= 4 is 29.5 Å². The average Bonchev–Trinajstić information content (AvgIpc) is 3.07. The Morgan fingerprint density at radius 3 is 2.55 bits per heavy atom. The standard InChI is InChI=1S/C25H36N2O5S/c1-16(15-28)27-19-21(30)26(23(2,3)4)13-10-12-25(19)17(20(27)29)18-22(31)32-14-9-7-6-8-11-24(18,5)33-25/h8,10-12,16-19,28H,6-7,9,13-15H2,1-5H3/b11-8-/t16-,17+,18-,19?,24+,25+/m1/s1. The molecule has 0 aromatic carbocycles. The molecular formula is C25H36N2O5S. The lowest BCUT2D eigenvalue weighted by Gasteiger charge is -2.42. The Kier molecular flexibility index (Phi) is 6.23. The van der Waals surface area contributed by atoms with Crippen molar-refractivity contribution in [3.63, 3.8) is 0 Å². The lowest BCUT2D eigenvalue weighted by Crippen LogP contribution is -2.59. The summed E-state index contributed by atoms with van der Waals surface area (Å²) in [5, 5.41) is 9.99. The normalized spacial score (nSPS) is 38.8. The smallest absolute Gasteiger partial charge is 0.311 e. The van der Waals surface area contributed by atoms with Crippen molar-refractivity contribution in [1.29, 1.82) is 0 Å². The fourth-order valence-corrected chi connectivity index (χ4v) is 8.04. The molecule has 4 aliphatic rings. The van der Waals surface area contributed by atoms with Crippen LogP contribution in [-0.2, 0) is 19.1 Å². The van der Waals surface area contributed by atoms with E-state index in [1.54, 1.807) is 28.5 Å². The lowest BCUT2D eigenvalue weighted by atomic mass is 9.74. The first-order valence-corrected chi connectivity index (χ1v) is 12.8. The van der Waals surface area contributed by atoms with Crippen LogP contribution in [0.2, 0.25) is 0 Å². The van der Waals surface area contributed by atoms with Gasteiger partial charge in [-0.2, -0.15) is 0 Å². The van der Waals surface area contributed by atoms with E-state index in [2.05, 4.69) is 12.2 Å². The number of likely N-dealkylation sites (tertiary alicyclic amines) is 1. The number of hydrogen-bond acceptors (Lipinski definition) is 6. The molecule has 182 valence electrons. The minimum Gasteiger partial charge on any atom is -0.465 e. The highest BCUT2D eigenvalue weighted by Crippen LogP contribution is 2.65. The Morgan fingerprint density at radius 2 is 1.88 bits per heavy atom. The Balaban J connectivity index is 1.90. The summed E-state index contributed by atoms with van der Waals surface area (Å²) in [6.07, 6.45) is 10.7. The summed E-state index contributed by atoms with van der Waals surface area (Å²) in [6.45, 7) is 10.2. The van der Waals surface area contributed by atoms with Gasteiger partial charge in [-0.15, -0.1) is 11.8 Å². The van der Waals surface area contributed by atoms with Gasteiger partial charge in [0.05, 0.1) is 35.8 Å². The van der Waals surface area contributed by atoms with Gasteiger partial charge in [-0.25, -0.2) is 0 Å². The molecule has 1 spiro atoms. The number of cyclic esters (lactones) is 1. The Bertz CT molecular complexity index is 896.